The third-order valence-electron chi connectivity index (χ3n) is 15.1. The first kappa shape index (κ1) is 65.0. The molecule has 11 rings (SSSR count). The second kappa shape index (κ2) is 27.8. The summed E-state index contributed by atoms with van der Waals surface area (Å²) in [6, 6.07) is 10.9. The van der Waals surface area contributed by atoms with Gasteiger partial charge in [0.2, 0.25) is 11.8 Å². The van der Waals surface area contributed by atoms with Crippen LogP contribution in [0.25, 0.3) is 33.9 Å². The number of rotatable bonds is 21. The molecule has 3 saturated heterocycles. The standard InChI is InChI=1S/C56H52Cl6F4N14O10/c1-24-69-55(79(73-24)38-16-28(57)6-8-30(38)59)53-50(46(48(85)41(20-81)89-53)77-18-36(71-75-77)26-12-32(63)44(61)33(64)13-26)87-22-42(83)67-10-4-3-5-11-68-43(84)23-88-52-47(78-19-37(72-76-78)27-14-34(65)45(62)35(66)15-27)51-49(40(82)21-86-51)90-54(52)56-70-25(2)74-80(56)39-17-29(58)7-9-31(39)60/h6-9,12-19,40-41,46-54,81-82,85H,3-5,10-11,20-23H2,1-2H3,(H,67,83)(H,68,84). The number of benzene rings is 4. The Balaban J connectivity index is 0.756. The van der Waals surface area contributed by atoms with Gasteiger partial charge in [-0.05, 0) is 93.8 Å². The Morgan fingerprint density at radius 3 is 1.57 bits per heavy atom. The molecule has 4 aromatic carbocycles. The van der Waals surface area contributed by atoms with E-state index in [0.29, 0.717) is 35.0 Å². The molecule has 8 aromatic rings. The molecule has 3 fully saturated rings. The number of ether oxygens (including phenoxy) is 5. The maximum Gasteiger partial charge on any atom is 0.246 e. The second-order valence-electron chi connectivity index (χ2n) is 21.2. The van der Waals surface area contributed by atoms with Crippen LogP contribution in [0, 0.1) is 37.1 Å². The zero-order valence-corrected chi connectivity index (χ0v) is 51.5. The summed E-state index contributed by atoms with van der Waals surface area (Å²) in [5.41, 5.74) is 0.586. The van der Waals surface area contributed by atoms with Crippen molar-refractivity contribution < 1.29 is 66.2 Å². The van der Waals surface area contributed by atoms with Crippen molar-refractivity contribution in [2.75, 3.05) is 39.5 Å². The summed E-state index contributed by atoms with van der Waals surface area (Å²) >= 11 is 37.6. The van der Waals surface area contributed by atoms with Crippen molar-refractivity contribution in [3.05, 3.63) is 150 Å². The number of aliphatic hydroxyl groups is 3. The predicted octanol–water partition coefficient (Wildman–Crippen LogP) is 7.81. The molecule has 3 aliphatic rings. The van der Waals surface area contributed by atoms with E-state index in [1.165, 1.54) is 37.2 Å². The molecule has 11 unspecified atom stereocenters. The Morgan fingerprint density at radius 2 is 1.09 bits per heavy atom. The van der Waals surface area contributed by atoms with Crippen LogP contribution in [0.3, 0.4) is 0 Å². The Kier molecular flexibility index (Phi) is 20.1. The molecule has 476 valence electrons. The summed E-state index contributed by atoms with van der Waals surface area (Å²) in [5, 5.41) is 64.8. The Bertz CT molecular complexity index is 3910. The lowest BCUT2D eigenvalue weighted by Gasteiger charge is -2.43. The number of nitrogens with zero attached hydrogens (tertiary/aromatic N) is 12. The van der Waals surface area contributed by atoms with Crippen LogP contribution < -0.4 is 10.6 Å². The molecule has 11 atom stereocenters. The van der Waals surface area contributed by atoms with Gasteiger partial charge in [0.05, 0.1) is 47.0 Å². The quantitative estimate of drug-likeness (QED) is 0.0260. The van der Waals surface area contributed by atoms with Gasteiger partial charge in [0.25, 0.3) is 0 Å². The number of amides is 2. The highest BCUT2D eigenvalue weighted by atomic mass is 35.5. The molecule has 4 aromatic heterocycles. The molecule has 0 saturated carbocycles. The van der Waals surface area contributed by atoms with Crippen LogP contribution in [0.5, 0.6) is 0 Å². The zero-order chi connectivity index (χ0) is 63.8. The second-order valence-corrected chi connectivity index (χ2v) is 23.6. The summed E-state index contributed by atoms with van der Waals surface area (Å²) in [6.45, 7) is 1.49. The van der Waals surface area contributed by atoms with Crippen LogP contribution in [0.15, 0.2) is 73.1 Å². The Labute approximate surface area is 538 Å². The predicted molar refractivity (Wildman–Crippen MR) is 314 cm³/mol. The van der Waals surface area contributed by atoms with Gasteiger partial charge in [-0.1, -0.05) is 80.0 Å². The summed E-state index contributed by atoms with van der Waals surface area (Å²) in [7, 11) is 0. The topological polar surface area (TPSA) is 288 Å². The third kappa shape index (κ3) is 13.7. The van der Waals surface area contributed by atoms with E-state index in [1.54, 1.807) is 44.2 Å². The number of carbonyl (C=O) groups excluding carboxylic acids is 2. The highest BCUT2D eigenvalue weighted by molar-refractivity contribution is 6.35. The summed E-state index contributed by atoms with van der Waals surface area (Å²) in [5.74, 6) is -4.58. The number of carbonyl (C=O) groups is 2. The van der Waals surface area contributed by atoms with Crippen molar-refractivity contribution in [2.24, 2.45) is 0 Å². The van der Waals surface area contributed by atoms with E-state index >= 15 is 0 Å². The first-order valence-electron chi connectivity index (χ1n) is 27.7. The number of fused-ring (bicyclic) bond motifs is 1. The van der Waals surface area contributed by atoms with Crippen molar-refractivity contribution in [3.8, 4) is 33.9 Å². The number of aryl methyl sites for hydroxylation is 2. The molecule has 24 nitrogen and oxygen atoms in total. The minimum absolute atomic E-state index is 0.00851. The Morgan fingerprint density at radius 1 is 0.633 bits per heavy atom. The van der Waals surface area contributed by atoms with Crippen LogP contribution in [0.1, 0.15) is 66.9 Å². The molecule has 3 aliphatic heterocycles. The molecule has 2 amide bonds. The first-order chi connectivity index (χ1) is 43.1. The smallest absolute Gasteiger partial charge is 0.246 e. The van der Waals surface area contributed by atoms with E-state index in [4.69, 9.17) is 98.3 Å². The minimum atomic E-state index is -1.60. The molecular weight excluding hydrogens is 1320 g/mol. The van der Waals surface area contributed by atoms with Crippen LogP contribution in [-0.2, 0) is 33.3 Å². The van der Waals surface area contributed by atoms with Gasteiger partial charge >= 0.3 is 0 Å². The van der Waals surface area contributed by atoms with Gasteiger partial charge in [-0.2, -0.15) is 10.2 Å². The van der Waals surface area contributed by atoms with Gasteiger partial charge in [0.1, 0.15) is 137 Å². The SMILES string of the molecule is Cc1nc(C2OC(CO)C(O)C(n3cc(-c4cc(F)c(Cl)c(F)c4)nn3)C2OCC(=O)NCCCCCNC(=O)COC2C(c3nc(C)nn3-c3cc(Cl)ccc3Cl)OC3C(O)COC3C2n2cc(-c3cc(F)c(Cl)c(F)c3)nn2)n(-c2cc(Cl)ccc2Cl)n1. The van der Waals surface area contributed by atoms with E-state index in [1.807, 2.05) is 0 Å². The van der Waals surface area contributed by atoms with Gasteiger partial charge in [-0.15, -0.1) is 10.2 Å². The molecule has 0 spiro atoms. The molecule has 34 heteroatoms. The summed E-state index contributed by atoms with van der Waals surface area (Å²) in [6.07, 6.45) is -7.14. The van der Waals surface area contributed by atoms with Crippen LogP contribution >= 0.6 is 69.6 Å². The number of aliphatic hydroxyl groups excluding tert-OH is 3. The van der Waals surface area contributed by atoms with Crippen molar-refractivity contribution in [2.45, 2.75) is 100 Å². The number of unbranched alkanes of at least 4 members (excludes halogenated alkanes) is 2. The highest BCUT2D eigenvalue weighted by Gasteiger charge is 2.56. The van der Waals surface area contributed by atoms with Crippen molar-refractivity contribution in [1.82, 2.24) is 70.2 Å². The zero-order valence-electron chi connectivity index (χ0n) is 47.0. The average Bonchev–Trinajstić information content (AvgIpc) is 1.51. The highest BCUT2D eigenvalue weighted by Crippen LogP contribution is 2.46. The fourth-order valence-corrected chi connectivity index (χ4v) is 11.9. The average molecular weight is 1370 g/mol. The summed E-state index contributed by atoms with van der Waals surface area (Å²) < 4.78 is 95.7. The fourth-order valence-electron chi connectivity index (χ4n) is 10.9. The maximum absolute atomic E-state index is 14.7. The Hall–Kier alpha value is -6.48. The third-order valence-corrected chi connectivity index (χ3v) is 16.9. The number of aromatic nitrogens is 12. The molecule has 90 heavy (non-hydrogen) atoms. The number of hydrogen-bond donors (Lipinski definition) is 5. The molecule has 0 bridgehead atoms. The number of hydrogen-bond acceptors (Lipinski definition) is 18. The monoisotopic (exact) mass is 1370 g/mol. The van der Waals surface area contributed by atoms with E-state index in [-0.39, 0.29) is 81.2 Å². The van der Waals surface area contributed by atoms with Crippen LogP contribution in [-0.4, -0.2) is 169 Å². The van der Waals surface area contributed by atoms with Gasteiger partial charge in [0.15, 0.2) is 11.6 Å². The largest absolute Gasteiger partial charge is 0.394 e. The van der Waals surface area contributed by atoms with Crippen LogP contribution in [0.2, 0.25) is 30.1 Å². The van der Waals surface area contributed by atoms with Gasteiger partial charge < -0.3 is 49.6 Å². The van der Waals surface area contributed by atoms with Crippen molar-refractivity contribution >= 4 is 81.4 Å². The van der Waals surface area contributed by atoms with Crippen molar-refractivity contribution in [3.63, 3.8) is 0 Å². The van der Waals surface area contributed by atoms with E-state index < -0.39 is 132 Å². The van der Waals surface area contributed by atoms with E-state index in [9.17, 15) is 42.5 Å². The van der Waals surface area contributed by atoms with E-state index in [2.05, 4.69) is 46.4 Å². The molecule has 0 radical (unpaired) electrons. The fraction of sp³-hybridized carbons (Fsp3) is 0.393. The number of nitrogens with one attached hydrogen (secondary N) is 2. The summed E-state index contributed by atoms with van der Waals surface area (Å²) in [4.78, 5) is 36.6. The molecular formula is C56H52Cl6F4N14O10. The first-order valence-corrected chi connectivity index (χ1v) is 30.0. The van der Waals surface area contributed by atoms with Crippen molar-refractivity contribution in [1.29, 1.82) is 0 Å². The lowest BCUT2D eigenvalue weighted by atomic mass is 9.90. The molecule has 0 aliphatic carbocycles. The van der Waals surface area contributed by atoms with Gasteiger partial charge in [0, 0.05) is 34.3 Å². The lowest BCUT2D eigenvalue weighted by Crippen LogP contribution is -2.54. The normalized spacial score (nSPS) is 23.3. The van der Waals surface area contributed by atoms with Gasteiger partial charge in [-0.3, -0.25) is 9.59 Å². The molecule has 7 heterocycles. The lowest BCUT2D eigenvalue weighted by molar-refractivity contribution is -0.223. The maximum atomic E-state index is 14.7. The van der Waals surface area contributed by atoms with Crippen LogP contribution in [0.4, 0.5) is 17.6 Å². The minimum Gasteiger partial charge on any atom is -0.394 e. The molecule has 5 N–H and O–H groups in total. The van der Waals surface area contributed by atoms with Gasteiger partial charge in [-0.25, -0.2) is 46.3 Å². The van der Waals surface area contributed by atoms with E-state index in [0.717, 1.165) is 24.3 Å². The number of halogens is 10.